The SMILES string of the molecule is COC1CCc2nc3cc(C#Cc4ccccn4)ccc3c(=O)n2C1.Cl.O=c1c2ccc(C#Cc3ccccn3)cc2nc2n1CC(O)CC2. The van der Waals surface area contributed by atoms with Gasteiger partial charge >= 0.3 is 0 Å². The van der Waals surface area contributed by atoms with Gasteiger partial charge in [0.05, 0.1) is 47.1 Å². The van der Waals surface area contributed by atoms with Crippen LogP contribution in [0.1, 0.15) is 47.0 Å². The number of aliphatic hydroxyl groups is 1. The van der Waals surface area contributed by atoms with Gasteiger partial charge in [-0.25, -0.2) is 19.9 Å². The van der Waals surface area contributed by atoms with Gasteiger partial charge in [-0.15, -0.1) is 12.4 Å². The average molecular weight is 685 g/mol. The Morgan fingerprint density at radius 3 is 1.72 bits per heavy atom. The van der Waals surface area contributed by atoms with E-state index >= 15 is 0 Å². The van der Waals surface area contributed by atoms with E-state index < -0.39 is 6.10 Å². The van der Waals surface area contributed by atoms with Crippen LogP contribution >= 0.6 is 12.4 Å². The number of aryl methyl sites for hydroxylation is 2. The number of rotatable bonds is 1. The number of methoxy groups -OCH3 is 1. The molecule has 50 heavy (non-hydrogen) atoms. The summed E-state index contributed by atoms with van der Waals surface area (Å²) in [5, 5.41) is 10.9. The van der Waals surface area contributed by atoms with Crippen LogP contribution < -0.4 is 11.1 Å². The van der Waals surface area contributed by atoms with E-state index in [1.54, 1.807) is 40.8 Å². The molecule has 4 aromatic heterocycles. The third-order valence-corrected chi connectivity index (χ3v) is 8.57. The largest absolute Gasteiger partial charge is 0.391 e. The van der Waals surface area contributed by atoms with Gasteiger partial charge in [-0.2, -0.15) is 0 Å². The first kappa shape index (κ1) is 34.2. The molecule has 6 aromatic rings. The zero-order valence-corrected chi connectivity index (χ0v) is 28.1. The van der Waals surface area contributed by atoms with Crippen LogP contribution in [0.2, 0.25) is 0 Å². The smallest absolute Gasteiger partial charge is 0.261 e. The molecule has 10 nitrogen and oxygen atoms in total. The molecule has 2 aliphatic heterocycles. The normalized spacial score (nSPS) is 15.9. The second-order valence-electron chi connectivity index (χ2n) is 11.9. The second-order valence-corrected chi connectivity index (χ2v) is 11.9. The third-order valence-electron chi connectivity index (χ3n) is 8.57. The van der Waals surface area contributed by atoms with Gasteiger partial charge in [0.1, 0.15) is 23.0 Å². The summed E-state index contributed by atoms with van der Waals surface area (Å²) < 4.78 is 8.71. The van der Waals surface area contributed by atoms with E-state index in [4.69, 9.17) is 4.74 Å². The lowest BCUT2D eigenvalue weighted by atomic mass is 10.1. The molecule has 0 saturated carbocycles. The van der Waals surface area contributed by atoms with Crippen molar-refractivity contribution in [3.8, 4) is 23.7 Å². The molecule has 2 unspecified atom stereocenters. The van der Waals surface area contributed by atoms with Crippen molar-refractivity contribution in [3.05, 3.63) is 140 Å². The van der Waals surface area contributed by atoms with E-state index in [1.165, 1.54) is 0 Å². The van der Waals surface area contributed by atoms with Gasteiger partial charge in [0, 0.05) is 43.5 Å². The van der Waals surface area contributed by atoms with Crippen LogP contribution in [0.3, 0.4) is 0 Å². The van der Waals surface area contributed by atoms with E-state index in [2.05, 4.69) is 43.6 Å². The van der Waals surface area contributed by atoms with Gasteiger partial charge in [-0.1, -0.05) is 24.0 Å². The van der Waals surface area contributed by atoms with Crippen LogP contribution in [-0.4, -0.2) is 53.5 Å². The summed E-state index contributed by atoms with van der Waals surface area (Å²) in [5.41, 5.74) is 4.26. The average Bonchev–Trinajstić information content (AvgIpc) is 3.14. The standard InChI is InChI=1S/C20H17N3O2.C19H15N3O2.ClH/c1-25-16-8-10-19-22-18-12-14(5-7-15-4-2-3-11-21-15)6-9-17(18)20(24)23(19)13-16;23-15-7-9-18-21-17-11-13(4-6-14-3-1-2-10-20-14)5-8-16(17)19(24)22(18)12-15;/h2-4,6,9,11-12,16H,8,10,13H2,1H3;1-3,5,8,10-11,15,23H,7,9,12H2;1H. The summed E-state index contributed by atoms with van der Waals surface area (Å²) in [6.07, 6.45) is 5.89. The lowest BCUT2D eigenvalue weighted by molar-refractivity contribution is 0.0689. The fourth-order valence-electron chi connectivity index (χ4n) is 5.97. The number of hydrogen-bond donors (Lipinski definition) is 1. The molecule has 0 bridgehead atoms. The van der Waals surface area contributed by atoms with Gasteiger partial charge < -0.3 is 9.84 Å². The van der Waals surface area contributed by atoms with Crippen molar-refractivity contribution in [1.29, 1.82) is 0 Å². The minimum atomic E-state index is -0.474. The van der Waals surface area contributed by atoms with Crippen molar-refractivity contribution in [2.24, 2.45) is 0 Å². The molecule has 0 aliphatic carbocycles. The third kappa shape index (κ3) is 7.49. The number of fused-ring (bicyclic) bond motifs is 4. The Kier molecular flexibility index (Phi) is 10.5. The molecule has 0 radical (unpaired) electrons. The Morgan fingerprint density at radius 1 is 0.700 bits per heavy atom. The molecule has 0 spiro atoms. The van der Waals surface area contributed by atoms with Crippen molar-refractivity contribution in [2.75, 3.05) is 7.11 Å². The number of nitrogens with zero attached hydrogens (tertiary/aromatic N) is 6. The van der Waals surface area contributed by atoms with E-state index in [0.29, 0.717) is 59.1 Å². The van der Waals surface area contributed by atoms with E-state index in [-0.39, 0.29) is 29.6 Å². The monoisotopic (exact) mass is 684 g/mol. The second kappa shape index (κ2) is 15.3. The Morgan fingerprint density at radius 2 is 1.22 bits per heavy atom. The summed E-state index contributed by atoms with van der Waals surface area (Å²) in [6.45, 7) is 0.882. The lowest BCUT2D eigenvalue weighted by Crippen LogP contribution is -2.35. The first-order chi connectivity index (χ1) is 23.9. The maximum atomic E-state index is 12.7. The van der Waals surface area contributed by atoms with Gasteiger partial charge in [0.25, 0.3) is 11.1 Å². The predicted molar refractivity (Wildman–Crippen MR) is 193 cm³/mol. The summed E-state index contributed by atoms with van der Waals surface area (Å²) in [4.78, 5) is 43.0. The minimum absolute atomic E-state index is 0. The van der Waals surface area contributed by atoms with Gasteiger partial charge in [0.15, 0.2) is 0 Å². The van der Waals surface area contributed by atoms with E-state index in [9.17, 15) is 14.7 Å². The Balaban J connectivity index is 0.000000170. The zero-order valence-electron chi connectivity index (χ0n) is 27.2. The Hall–Kier alpha value is -5.65. The number of aromatic nitrogens is 6. The van der Waals surface area contributed by atoms with Crippen molar-refractivity contribution in [2.45, 2.75) is 51.0 Å². The highest BCUT2D eigenvalue weighted by Crippen LogP contribution is 2.19. The first-order valence-corrected chi connectivity index (χ1v) is 16.1. The summed E-state index contributed by atoms with van der Waals surface area (Å²) in [7, 11) is 1.68. The van der Waals surface area contributed by atoms with E-state index in [0.717, 1.165) is 35.6 Å². The molecular formula is C39H33ClN6O4. The maximum Gasteiger partial charge on any atom is 0.261 e. The Bertz CT molecular complexity index is 2430. The van der Waals surface area contributed by atoms with Crippen LogP contribution in [0.15, 0.2) is 94.8 Å². The number of aliphatic hydroxyl groups excluding tert-OH is 1. The molecule has 1 N–H and O–H groups in total. The summed E-state index contributed by atoms with van der Waals surface area (Å²) >= 11 is 0. The molecule has 2 aliphatic rings. The number of benzene rings is 2. The molecule has 6 heterocycles. The van der Waals surface area contributed by atoms with Crippen LogP contribution in [-0.2, 0) is 30.7 Å². The molecular weight excluding hydrogens is 652 g/mol. The molecule has 0 amide bonds. The molecule has 250 valence electrons. The predicted octanol–water partition coefficient (Wildman–Crippen LogP) is 4.07. The molecule has 2 aromatic carbocycles. The topological polar surface area (TPSA) is 125 Å². The van der Waals surface area contributed by atoms with Crippen LogP contribution in [0.5, 0.6) is 0 Å². The van der Waals surface area contributed by atoms with Gasteiger partial charge in [-0.3, -0.25) is 18.7 Å². The highest BCUT2D eigenvalue weighted by atomic mass is 35.5. The van der Waals surface area contributed by atoms with Crippen molar-refractivity contribution in [1.82, 2.24) is 29.1 Å². The number of ether oxygens (including phenoxy) is 1. The van der Waals surface area contributed by atoms with Crippen molar-refractivity contribution in [3.63, 3.8) is 0 Å². The van der Waals surface area contributed by atoms with E-state index in [1.807, 2.05) is 60.7 Å². The van der Waals surface area contributed by atoms with Crippen molar-refractivity contribution < 1.29 is 9.84 Å². The number of pyridine rings is 2. The number of hydrogen-bond acceptors (Lipinski definition) is 8. The van der Waals surface area contributed by atoms with Crippen molar-refractivity contribution >= 4 is 34.2 Å². The molecule has 11 heteroatoms. The Labute approximate surface area is 294 Å². The molecule has 0 fully saturated rings. The highest BCUT2D eigenvalue weighted by Gasteiger charge is 2.22. The molecule has 0 saturated heterocycles. The number of halogens is 1. The summed E-state index contributed by atoms with van der Waals surface area (Å²) in [5.74, 6) is 13.7. The maximum absolute atomic E-state index is 12.7. The first-order valence-electron chi connectivity index (χ1n) is 16.1. The highest BCUT2D eigenvalue weighted by molar-refractivity contribution is 5.85. The lowest BCUT2D eigenvalue weighted by Gasteiger charge is -2.24. The van der Waals surface area contributed by atoms with Gasteiger partial charge in [0.2, 0.25) is 0 Å². The fraction of sp³-hybridized carbons (Fsp3) is 0.231. The van der Waals surface area contributed by atoms with Crippen LogP contribution in [0.25, 0.3) is 21.8 Å². The van der Waals surface area contributed by atoms with Crippen LogP contribution in [0, 0.1) is 23.7 Å². The van der Waals surface area contributed by atoms with Gasteiger partial charge in [-0.05, 0) is 85.3 Å². The zero-order chi connectivity index (χ0) is 33.7. The molecule has 8 rings (SSSR count). The minimum Gasteiger partial charge on any atom is -0.391 e. The molecule has 2 atom stereocenters. The quantitative estimate of drug-likeness (QED) is 0.257. The van der Waals surface area contributed by atoms with Crippen LogP contribution in [0.4, 0.5) is 0 Å². The fourth-order valence-corrected chi connectivity index (χ4v) is 5.97. The summed E-state index contributed by atoms with van der Waals surface area (Å²) in [6, 6.07) is 22.1.